The molecular formula is C11H11NOSe. The van der Waals surface area contributed by atoms with Crippen LogP contribution in [0.3, 0.4) is 0 Å². The number of allylic oxidation sites excluding steroid dienone is 1. The van der Waals surface area contributed by atoms with E-state index in [1.807, 2.05) is 49.5 Å². The average molecular weight is 252 g/mol. The second-order valence-corrected chi connectivity index (χ2v) is 5.52. The number of nitrogens with zero attached hydrogens (tertiary/aromatic N) is 1. The molecule has 0 saturated heterocycles. The predicted octanol–water partition coefficient (Wildman–Crippen LogP) is 0.459. The van der Waals surface area contributed by atoms with Crippen molar-refractivity contribution in [2.45, 2.75) is 0 Å². The van der Waals surface area contributed by atoms with Gasteiger partial charge in [0.2, 0.25) is 0 Å². The van der Waals surface area contributed by atoms with E-state index in [2.05, 4.69) is 0 Å². The molecule has 0 radical (unpaired) electrons. The molecule has 2 nitrogen and oxygen atoms in total. The van der Waals surface area contributed by atoms with Crippen LogP contribution in [0.1, 0.15) is 5.56 Å². The first-order valence-corrected chi connectivity index (χ1v) is 6.09. The molecule has 14 heavy (non-hydrogen) atoms. The fourth-order valence-corrected chi connectivity index (χ4v) is 3.33. The van der Waals surface area contributed by atoms with Crippen LogP contribution in [0.15, 0.2) is 30.5 Å². The summed E-state index contributed by atoms with van der Waals surface area (Å²) in [5.74, 6) is 0. The second kappa shape index (κ2) is 3.60. The Labute approximate surface area is 89.8 Å². The third-order valence-electron chi connectivity index (χ3n) is 1.99. The Hall–Kier alpha value is -1.05. The first-order chi connectivity index (χ1) is 6.68. The molecule has 1 aliphatic heterocycles. The first kappa shape index (κ1) is 9.50. The molecule has 1 aromatic carbocycles. The van der Waals surface area contributed by atoms with Gasteiger partial charge in [0.1, 0.15) is 0 Å². The number of hydrogen-bond acceptors (Lipinski definition) is 2. The van der Waals surface area contributed by atoms with Crippen molar-refractivity contribution in [2.24, 2.45) is 0 Å². The van der Waals surface area contributed by atoms with Crippen LogP contribution in [0.2, 0.25) is 0 Å². The van der Waals surface area contributed by atoms with Gasteiger partial charge in [-0.2, -0.15) is 0 Å². The zero-order chi connectivity index (χ0) is 10.1. The van der Waals surface area contributed by atoms with Crippen molar-refractivity contribution in [1.82, 2.24) is 4.90 Å². The van der Waals surface area contributed by atoms with Gasteiger partial charge in [-0.25, -0.2) is 0 Å². The quantitative estimate of drug-likeness (QED) is 0.534. The Morgan fingerprint density at radius 1 is 1.29 bits per heavy atom. The maximum absolute atomic E-state index is 11.7. The summed E-state index contributed by atoms with van der Waals surface area (Å²) in [6, 6.07) is 8.05. The fourth-order valence-electron chi connectivity index (χ4n) is 1.42. The predicted molar refractivity (Wildman–Crippen MR) is 58.5 cm³/mol. The zero-order valence-electron chi connectivity index (χ0n) is 8.15. The number of hydrogen-bond donors (Lipinski definition) is 0. The minimum absolute atomic E-state index is 0.0154. The van der Waals surface area contributed by atoms with E-state index in [9.17, 15) is 4.79 Å². The normalized spacial score (nSPS) is 17.3. The number of benzene rings is 1. The Kier molecular flexibility index (Phi) is 2.44. The zero-order valence-corrected chi connectivity index (χ0v) is 9.86. The fraction of sp³-hybridized carbons (Fsp3) is 0.182. The molecule has 0 fully saturated rings. The molecule has 2 rings (SSSR count). The van der Waals surface area contributed by atoms with Crippen LogP contribution in [-0.2, 0) is 4.79 Å². The topological polar surface area (TPSA) is 20.3 Å². The number of carbonyl (C=O) groups excluding carboxylic acids is 1. The van der Waals surface area contributed by atoms with Crippen molar-refractivity contribution in [3.05, 3.63) is 36.0 Å². The number of carbonyl (C=O) groups is 1. The summed E-state index contributed by atoms with van der Waals surface area (Å²) in [5.41, 5.74) is 1.98. The van der Waals surface area contributed by atoms with Crippen molar-refractivity contribution in [3.8, 4) is 0 Å². The van der Waals surface area contributed by atoms with Crippen LogP contribution in [0.25, 0.3) is 5.57 Å². The summed E-state index contributed by atoms with van der Waals surface area (Å²) in [6.45, 7) is 0. The van der Waals surface area contributed by atoms with Crippen LogP contribution < -0.4 is 4.46 Å². The van der Waals surface area contributed by atoms with Gasteiger partial charge in [-0.05, 0) is 0 Å². The molecule has 0 amide bonds. The van der Waals surface area contributed by atoms with Gasteiger partial charge in [0.15, 0.2) is 0 Å². The van der Waals surface area contributed by atoms with E-state index >= 15 is 0 Å². The van der Waals surface area contributed by atoms with Crippen molar-refractivity contribution < 1.29 is 4.79 Å². The van der Waals surface area contributed by atoms with Crippen molar-refractivity contribution in [3.63, 3.8) is 0 Å². The first-order valence-electron chi connectivity index (χ1n) is 4.38. The maximum atomic E-state index is 11.7. The van der Waals surface area contributed by atoms with Gasteiger partial charge in [-0.3, -0.25) is 0 Å². The average Bonchev–Trinajstić information content (AvgIpc) is 2.43. The molecule has 0 aliphatic carbocycles. The van der Waals surface area contributed by atoms with Gasteiger partial charge in [0.05, 0.1) is 0 Å². The molecule has 0 atom stereocenters. The van der Waals surface area contributed by atoms with E-state index in [0.29, 0.717) is 0 Å². The van der Waals surface area contributed by atoms with Crippen LogP contribution in [-0.4, -0.2) is 38.6 Å². The molecule has 1 aromatic rings. The van der Waals surface area contributed by atoms with E-state index in [4.69, 9.17) is 0 Å². The third-order valence-corrected chi connectivity index (χ3v) is 4.05. The summed E-state index contributed by atoms with van der Waals surface area (Å²) in [6.07, 6.45) is 1.91. The Morgan fingerprint density at radius 3 is 2.71 bits per heavy atom. The van der Waals surface area contributed by atoms with Crippen molar-refractivity contribution in [2.75, 3.05) is 14.1 Å². The minimum atomic E-state index is -0.0154. The summed E-state index contributed by atoms with van der Waals surface area (Å²) >= 11 is -0.0154. The SMILES string of the molecule is CN(C)C=C1C(=O)[Se]c2ccccc21. The van der Waals surface area contributed by atoms with Crippen LogP contribution in [0, 0.1) is 0 Å². The van der Waals surface area contributed by atoms with E-state index in [1.54, 1.807) is 0 Å². The Balaban J connectivity index is 2.50. The van der Waals surface area contributed by atoms with Gasteiger partial charge < -0.3 is 0 Å². The van der Waals surface area contributed by atoms with E-state index in [1.165, 1.54) is 4.46 Å². The van der Waals surface area contributed by atoms with Gasteiger partial charge in [-0.15, -0.1) is 0 Å². The van der Waals surface area contributed by atoms with Crippen LogP contribution in [0.4, 0.5) is 0 Å². The van der Waals surface area contributed by atoms with E-state index < -0.39 is 0 Å². The summed E-state index contributed by atoms with van der Waals surface area (Å²) < 4.78 is 1.49. The summed E-state index contributed by atoms with van der Waals surface area (Å²) in [4.78, 5) is 13.6. The van der Waals surface area contributed by atoms with Crippen molar-refractivity contribution in [1.29, 1.82) is 0 Å². The third kappa shape index (κ3) is 1.61. The van der Waals surface area contributed by atoms with Gasteiger partial charge in [-0.1, -0.05) is 0 Å². The Morgan fingerprint density at radius 2 is 2.00 bits per heavy atom. The molecule has 0 unspecified atom stereocenters. The molecule has 0 saturated carbocycles. The van der Waals surface area contributed by atoms with Gasteiger partial charge in [0, 0.05) is 0 Å². The van der Waals surface area contributed by atoms with E-state index in [0.717, 1.165) is 11.1 Å². The molecule has 0 bridgehead atoms. The number of fused-ring (bicyclic) bond motifs is 1. The molecule has 0 aromatic heterocycles. The summed E-state index contributed by atoms with van der Waals surface area (Å²) in [5, 5.41) is 0. The van der Waals surface area contributed by atoms with E-state index in [-0.39, 0.29) is 19.6 Å². The Bertz CT molecular complexity index is 410. The van der Waals surface area contributed by atoms with Crippen LogP contribution in [0.5, 0.6) is 0 Å². The monoisotopic (exact) mass is 253 g/mol. The summed E-state index contributed by atoms with van der Waals surface area (Å²) in [7, 11) is 3.88. The molecule has 72 valence electrons. The molecule has 3 heteroatoms. The molecule has 0 spiro atoms. The van der Waals surface area contributed by atoms with Gasteiger partial charge >= 0.3 is 89.5 Å². The second-order valence-electron chi connectivity index (χ2n) is 3.39. The number of rotatable bonds is 1. The standard InChI is InChI=1S/C11H11NOSe/c1-12(2)7-9-8-5-3-4-6-10(8)14-11(9)13/h3-7H,1-2H3. The molecular weight excluding hydrogens is 241 g/mol. The molecule has 1 aliphatic rings. The molecule has 1 heterocycles. The molecule has 0 N–H and O–H groups in total. The van der Waals surface area contributed by atoms with Crippen LogP contribution >= 0.6 is 0 Å². The van der Waals surface area contributed by atoms with Gasteiger partial charge in [0.25, 0.3) is 0 Å². The van der Waals surface area contributed by atoms with Crippen molar-refractivity contribution >= 4 is 29.7 Å².